The predicted molar refractivity (Wildman–Crippen MR) is 133 cm³/mol. The Morgan fingerprint density at radius 3 is 2.06 bits per heavy atom. The van der Waals surface area contributed by atoms with Crippen molar-refractivity contribution in [3.8, 4) is 38.0 Å². The first-order valence-electron chi connectivity index (χ1n) is 9.28. The Balaban J connectivity index is 1.93. The Hall–Kier alpha value is -2.09. The average molecular weight is 525 g/mol. The maximum Gasteiger partial charge on any atom is 0.175 e. The molecule has 0 bridgehead atoms. The van der Waals surface area contributed by atoms with Crippen LogP contribution in [0.3, 0.4) is 0 Å². The van der Waals surface area contributed by atoms with E-state index in [9.17, 15) is 8.42 Å². The highest BCUT2D eigenvalue weighted by molar-refractivity contribution is 7.90. The van der Waals surface area contributed by atoms with Gasteiger partial charge in [-0.1, -0.05) is 65.1 Å². The first-order chi connectivity index (χ1) is 15.2. The summed E-state index contributed by atoms with van der Waals surface area (Å²) in [5.74, 6) is 0.395. The first-order valence-corrected chi connectivity index (χ1v) is 13.1. The first kappa shape index (κ1) is 23.1. The van der Waals surface area contributed by atoms with E-state index in [1.54, 1.807) is 42.5 Å². The van der Waals surface area contributed by atoms with E-state index in [0.717, 1.165) is 26.6 Å². The van der Waals surface area contributed by atoms with E-state index in [4.69, 9.17) is 44.5 Å². The summed E-state index contributed by atoms with van der Waals surface area (Å²) in [6.07, 6.45) is 1.17. The van der Waals surface area contributed by atoms with Gasteiger partial charge in [0, 0.05) is 17.4 Å². The second kappa shape index (κ2) is 9.04. The Bertz CT molecular complexity index is 1390. The number of aromatic nitrogens is 1. The topological polar surface area (TPSA) is 56.3 Å². The lowest BCUT2D eigenvalue weighted by atomic mass is 10.1. The van der Waals surface area contributed by atoms with Crippen molar-refractivity contribution in [3.05, 3.63) is 75.7 Å². The fourth-order valence-electron chi connectivity index (χ4n) is 3.21. The summed E-state index contributed by atoms with van der Waals surface area (Å²) in [7, 11) is -1.81. The number of benzene rings is 3. The lowest BCUT2D eigenvalue weighted by molar-refractivity contribution is 0.415. The molecule has 0 spiro atoms. The molecule has 0 aliphatic carbocycles. The molecule has 4 aromatic rings. The lowest BCUT2D eigenvalue weighted by Gasteiger charge is -2.09. The Labute approximate surface area is 205 Å². The third kappa shape index (κ3) is 4.51. The zero-order valence-corrected chi connectivity index (χ0v) is 20.8. The molecule has 9 heteroatoms. The van der Waals surface area contributed by atoms with Gasteiger partial charge in [-0.05, 0) is 35.9 Å². The van der Waals surface area contributed by atoms with Gasteiger partial charge in [0.15, 0.2) is 15.6 Å². The number of sulfone groups is 1. The molecule has 0 aliphatic heterocycles. The highest BCUT2D eigenvalue weighted by Gasteiger charge is 2.20. The zero-order chi connectivity index (χ0) is 23.0. The molecule has 32 heavy (non-hydrogen) atoms. The minimum absolute atomic E-state index is 0.236. The van der Waals surface area contributed by atoms with Crippen LogP contribution >= 0.6 is 46.1 Å². The maximum atomic E-state index is 11.9. The second-order valence-corrected chi connectivity index (χ2v) is 11.2. The van der Waals surface area contributed by atoms with E-state index >= 15 is 0 Å². The molecule has 1 heterocycles. The molecule has 3 aromatic carbocycles. The van der Waals surface area contributed by atoms with Crippen molar-refractivity contribution in [1.29, 1.82) is 0 Å². The molecule has 0 aliphatic rings. The normalized spacial score (nSPS) is 11.5. The molecule has 1 aromatic heterocycles. The summed E-state index contributed by atoms with van der Waals surface area (Å²) in [6, 6.07) is 17.6. The summed E-state index contributed by atoms with van der Waals surface area (Å²) >= 11 is 20.6. The number of ether oxygens (including phenoxy) is 1. The predicted octanol–water partition coefficient (Wildman–Crippen LogP) is 7.52. The van der Waals surface area contributed by atoms with Crippen molar-refractivity contribution < 1.29 is 13.2 Å². The maximum absolute atomic E-state index is 11.9. The number of nitrogens with zero attached hydrogens (tertiary/aromatic N) is 1. The van der Waals surface area contributed by atoms with Gasteiger partial charge in [-0.2, -0.15) is 0 Å². The molecule has 0 saturated carbocycles. The highest BCUT2D eigenvalue weighted by Crippen LogP contribution is 2.45. The summed E-state index contributed by atoms with van der Waals surface area (Å²) in [4.78, 5) is 5.90. The number of rotatable bonds is 5. The van der Waals surface area contributed by atoms with Crippen LogP contribution < -0.4 is 4.74 Å². The fraction of sp³-hybridized carbons (Fsp3) is 0.0870. The van der Waals surface area contributed by atoms with Gasteiger partial charge in [-0.3, -0.25) is 0 Å². The zero-order valence-electron chi connectivity index (χ0n) is 16.9. The van der Waals surface area contributed by atoms with Crippen LogP contribution in [0, 0.1) is 0 Å². The summed E-state index contributed by atoms with van der Waals surface area (Å²) < 4.78 is 29.0. The molecule has 0 atom stereocenters. The molecule has 0 radical (unpaired) electrons. The van der Waals surface area contributed by atoms with E-state index in [1.165, 1.54) is 24.7 Å². The van der Waals surface area contributed by atoms with Gasteiger partial charge in [0.2, 0.25) is 0 Å². The summed E-state index contributed by atoms with van der Waals surface area (Å²) in [6.45, 7) is 0. The molecule has 0 N–H and O–H groups in total. The van der Waals surface area contributed by atoms with Crippen molar-refractivity contribution in [1.82, 2.24) is 4.98 Å². The summed E-state index contributed by atoms with van der Waals surface area (Å²) in [5, 5.41) is 2.05. The van der Waals surface area contributed by atoms with Gasteiger partial charge in [0.1, 0.15) is 5.01 Å². The molecular weight excluding hydrogens is 509 g/mol. The number of halogens is 3. The van der Waals surface area contributed by atoms with E-state index in [2.05, 4.69) is 0 Å². The van der Waals surface area contributed by atoms with Gasteiger partial charge >= 0.3 is 0 Å². The van der Waals surface area contributed by atoms with Crippen LogP contribution in [0.15, 0.2) is 65.6 Å². The van der Waals surface area contributed by atoms with Crippen molar-refractivity contribution in [2.75, 3.05) is 13.4 Å². The standard InChI is InChI=1S/C23H16Cl3NO3S2/c1-30-21-18(25)11-14(12-19(21)26)22-20(13-7-9-15(10-8-13)32(2,28)29)27-23(31-22)16-5-3-4-6-17(16)24/h3-12H,1-2H3. The number of hydrogen-bond acceptors (Lipinski definition) is 5. The van der Waals surface area contributed by atoms with Crippen molar-refractivity contribution >= 4 is 56.0 Å². The van der Waals surface area contributed by atoms with Gasteiger partial charge in [0.25, 0.3) is 0 Å². The van der Waals surface area contributed by atoms with Gasteiger partial charge in [-0.15, -0.1) is 11.3 Å². The van der Waals surface area contributed by atoms with E-state index < -0.39 is 9.84 Å². The number of hydrogen-bond donors (Lipinski definition) is 0. The SMILES string of the molecule is COc1c(Cl)cc(-c2sc(-c3ccccc3Cl)nc2-c2ccc(S(C)(=O)=O)cc2)cc1Cl. The minimum Gasteiger partial charge on any atom is -0.494 e. The van der Waals surface area contributed by atoms with Crippen LogP contribution in [-0.4, -0.2) is 26.8 Å². The van der Waals surface area contributed by atoms with Gasteiger partial charge < -0.3 is 4.74 Å². The largest absolute Gasteiger partial charge is 0.494 e. The quantitative estimate of drug-likeness (QED) is 0.271. The molecule has 0 saturated heterocycles. The van der Waals surface area contributed by atoms with Crippen LogP contribution in [0.2, 0.25) is 15.1 Å². The molecule has 0 amide bonds. The van der Waals surface area contributed by atoms with Crippen LogP contribution in [0.1, 0.15) is 0 Å². The minimum atomic E-state index is -3.31. The second-order valence-electron chi connectivity index (χ2n) is 6.95. The van der Waals surface area contributed by atoms with E-state index in [0.29, 0.717) is 26.5 Å². The van der Waals surface area contributed by atoms with E-state index in [-0.39, 0.29) is 4.90 Å². The van der Waals surface area contributed by atoms with Crippen molar-refractivity contribution in [2.24, 2.45) is 0 Å². The summed E-state index contributed by atoms with van der Waals surface area (Å²) in [5.41, 5.74) is 2.98. The fourth-order valence-corrected chi connectivity index (χ4v) is 5.87. The molecule has 4 rings (SSSR count). The highest BCUT2D eigenvalue weighted by atomic mass is 35.5. The van der Waals surface area contributed by atoms with Crippen LogP contribution in [0.4, 0.5) is 0 Å². The molecule has 4 nitrogen and oxygen atoms in total. The van der Waals surface area contributed by atoms with Crippen LogP contribution in [0.5, 0.6) is 5.75 Å². The third-order valence-electron chi connectivity index (χ3n) is 4.75. The van der Waals surface area contributed by atoms with Gasteiger partial charge in [0.05, 0.1) is 37.6 Å². The molecule has 164 valence electrons. The van der Waals surface area contributed by atoms with Crippen LogP contribution in [-0.2, 0) is 9.84 Å². The lowest BCUT2D eigenvalue weighted by Crippen LogP contribution is -1.96. The molecule has 0 unspecified atom stereocenters. The van der Waals surface area contributed by atoms with E-state index in [1.807, 2.05) is 18.2 Å². The van der Waals surface area contributed by atoms with Crippen molar-refractivity contribution in [2.45, 2.75) is 4.90 Å². The Morgan fingerprint density at radius 2 is 1.50 bits per heavy atom. The third-order valence-corrected chi connectivity index (χ3v) is 7.91. The van der Waals surface area contributed by atoms with Gasteiger partial charge in [-0.25, -0.2) is 13.4 Å². The van der Waals surface area contributed by atoms with Crippen molar-refractivity contribution in [3.63, 3.8) is 0 Å². The Morgan fingerprint density at radius 1 is 0.875 bits per heavy atom. The Kier molecular flexibility index (Phi) is 6.52. The molecule has 0 fully saturated rings. The van der Waals surface area contributed by atoms with Crippen LogP contribution in [0.25, 0.3) is 32.3 Å². The monoisotopic (exact) mass is 523 g/mol. The number of thiazole rings is 1. The smallest absolute Gasteiger partial charge is 0.175 e. The molecular formula is C23H16Cl3NO3S2. The average Bonchev–Trinajstić information content (AvgIpc) is 3.18. The number of methoxy groups -OCH3 is 1.